The maximum atomic E-state index is 12.2. The van der Waals surface area contributed by atoms with Crippen molar-refractivity contribution in [1.82, 2.24) is 0 Å². The van der Waals surface area contributed by atoms with Gasteiger partial charge in [0.2, 0.25) is 0 Å². The van der Waals surface area contributed by atoms with Gasteiger partial charge in [-0.15, -0.1) is 0 Å². The van der Waals surface area contributed by atoms with E-state index in [0.29, 0.717) is 30.2 Å². The first kappa shape index (κ1) is 17.7. The number of benzene rings is 2. The smallest absolute Gasteiger partial charge is 0.416 e. The van der Waals surface area contributed by atoms with Crippen LogP contribution in [0.5, 0.6) is 5.75 Å². The Kier molecular flexibility index (Phi) is 5.33. The van der Waals surface area contributed by atoms with E-state index in [9.17, 15) is 13.2 Å². The lowest BCUT2D eigenvalue weighted by molar-refractivity contribution is -0.137. The zero-order valence-corrected chi connectivity index (χ0v) is 13.1. The van der Waals surface area contributed by atoms with Gasteiger partial charge >= 0.3 is 6.18 Å². The number of fused-ring (bicyclic) bond motifs is 1. The molecule has 2 aromatic carbocycles. The molecule has 4 N–H and O–H groups in total. The molecule has 24 heavy (non-hydrogen) atoms. The Morgan fingerprint density at radius 1 is 1.17 bits per heavy atom. The fourth-order valence-corrected chi connectivity index (χ4v) is 2.24. The number of nitrogens with zero attached hydrogens (tertiary/aromatic N) is 1. The minimum Gasteiger partial charge on any atom is -0.493 e. The number of aryl methyl sites for hydroxylation is 1. The van der Waals surface area contributed by atoms with E-state index in [1.54, 1.807) is 0 Å². The first-order valence-corrected chi connectivity index (χ1v) is 7.24. The molecular weight excluding hydrogens is 319 g/mol. The number of ether oxygens (including phenoxy) is 1. The van der Waals surface area contributed by atoms with Gasteiger partial charge in [-0.1, -0.05) is 23.8 Å². The Morgan fingerprint density at radius 2 is 1.92 bits per heavy atom. The molecule has 0 aromatic heterocycles. The third kappa shape index (κ3) is 4.41. The van der Waals surface area contributed by atoms with Crippen LogP contribution in [0, 0.1) is 6.92 Å². The van der Waals surface area contributed by atoms with Crippen molar-refractivity contribution in [3.8, 4) is 5.75 Å². The summed E-state index contributed by atoms with van der Waals surface area (Å²) >= 11 is 0. The fraction of sp³-hybridized carbons (Fsp3) is 0.235. The zero-order chi connectivity index (χ0) is 17.7. The number of amidine groups is 1. The molecule has 1 aliphatic rings. The first-order valence-electron chi connectivity index (χ1n) is 7.24. The van der Waals surface area contributed by atoms with Crippen LogP contribution in [-0.2, 0) is 12.6 Å². The molecule has 0 bridgehead atoms. The first-order chi connectivity index (χ1) is 11.3. The molecule has 0 aliphatic carbocycles. The van der Waals surface area contributed by atoms with Gasteiger partial charge < -0.3 is 16.3 Å². The van der Waals surface area contributed by atoms with Gasteiger partial charge in [-0.2, -0.15) is 18.3 Å². The minimum absolute atomic E-state index is 0.369. The normalized spacial score (nSPS) is 13.6. The summed E-state index contributed by atoms with van der Waals surface area (Å²) in [6, 6.07) is 11.3. The van der Waals surface area contributed by atoms with E-state index in [4.69, 9.17) is 16.3 Å². The summed E-state index contributed by atoms with van der Waals surface area (Å²) in [7, 11) is 0. The van der Waals surface area contributed by atoms with Crippen molar-refractivity contribution in [2.24, 2.45) is 16.7 Å². The predicted molar refractivity (Wildman–Crippen MR) is 86.7 cm³/mol. The summed E-state index contributed by atoms with van der Waals surface area (Å²) in [5.74, 6) is 5.96. The van der Waals surface area contributed by atoms with Crippen molar-refractivity contribution in [2.75, 3.05) is 6.61 Å². The molecule has 2 aromatic rings. The number of nitrogens with two attached hydrogens (primary N) is 2. The Morgan fingerprint density at radius 3 is 2.54 bits per heavy atom. The highest BCUT2D eigenvalue weighted by Crippen LogP contribution is 2.34. The lowest BCUT2D eigenvalue weighted by Gasteiger charge is -2.07. The summed E-state index contributed by atoms with van der Waals surface area (Å²) in [5.41, 5.74) is 7.55. The Balaban J connectivity index is 0.000000177. The molecule has 0 fully saturated rings. The predicted octanol–water partition coefficient (Wildman–Crippen LogP) is 3.21. The summed E-state index contributed by atoms with van der Waals surface area (Å²) in [6.45, 7) is 2.48. The van der Waals surface area contributed by atoms with E-state index >= 15 is 0 Å². The van der Waals surface area contributed by atoms with Crippen LogP contribution in [0.25, 0.3) is 0 Å². The molecule has 0 unspecified atom stereocenters. The van der Waals surface area contributed by atoms with Gasteiger partial charge in [0.1, 0.15) is 11.6 Å². The summed E-state index contributed by atoms with van der Waals surface area (Å²) < 4.78 is 41.7. The highest BCUT2D eigenvalue weighted by Gasteiger charge is 2.31. The second kappa shape index (κ2) is 7.25. The van der Waals surface area contributed by atoms with Gasteiger partial charge in [0.15, 0.2) is 0 Å². The van der Waals surface area contributed by atoms with Gasteiger partial charge in [0.05, 0.1) is 12.2 Å². The number of alkyl halides is 3. The quantitative estimate of drug-likeness (QED) is 0.363. The molecule has 7 heteroatoms. The molecule has 0 amide bonds. The average Bonchev–Trinajstić information content (AvgIpc) is 3.01. The molecular formula is C17H18F3N3O. The Bertz CT molecular complexity index is 742. The van der Waals surface area contributed by atoms with Crippen LogP contribution in [-0.4, -0.2) is 12.4 Å². The van der Waals surface area contributed by atoms with Crippen LogP contribution in [0.2, 0.25) is 0 Å². The number of hydrogen-bond donors (Lipinski definition) is 2. The van der Waals surface area contributed by atoms with E-state index in [-0.39, 0.29) is 0 Å². The average molecular weight is 337 g/mol. The second-order valence-corrected chi connectivity index (χ2v) is 5.30. The van der Waals surface area contributed by atoms with Crippen molar-refractivity contribution < 1.29 is 17.9 Å². The number of hydrogen-bond acceptors (Lipinski definition) is 3. The molecule has 3 rings (SSSR count). The number of hydrazone groups is 1. The van der Waals surface area contributed by atoms with Crippen molar-refractivity contribution in [2.45, 2.75) is 19.5 Å². The van der Waals surface area contributed by atoms with E-state index in [1.807, 2.05) is 31.2 Å². The third-order valence-corrected chi connectivity index (χ3v) is 3.47. The highest BCUT2D eigenvalue weighted by atomic mass is 19.4. The van der Waals surface area contributed by atoms with Crippen LogP contribution < -0.4 is 16.3 Å². The van der Waals surface area contributed by atoms with Crippen molar-refractivity contribution in [3.05, 3.63) is 64.7 Å². The molecule has 1 heterocycles. The zero-order valence-electron chi connectivity index (χ0n) is 13.1. The van der Waals surface area contributed by atoms with Crippen LogP contribution in [0.4, 0.5) is 13.2 Å². The molecule has 1 aliphatic heterocycles. The third-order valence-electron chi connectivity index (χ3n) is 3.47. The van der Waals surface area contributed by atoms with E-state index in [2.05, 4.69) is 5.10 Å². The monoisotopic (exact) mass is 337 g/mol. The Labute approximate surface area is 137 Å². The maximum absolute atomic E-state index is 12.2. The summed E-state index contributed by atoms with van der Waals surface area (Å²) in [4.78, 5) is 0. The van der Waals surface area contributed by atoms with Gasteiger partial charge in [-0.05, 0) is 36.8 Å². The maximum Gasteiger partial charge on any atom is 0.416 e. The van der Waals surface area contributed by atoms with Crippen LogP contribution in [0.3, 0.4) is 0 Å². The van der Waals surface area contributed by atoms with Crippen molar-refractivity contribution >= 4 is 5.84 Å². The molecule has 4 nitrogen and oxygen atoms in total. The molecule has 0 radical (unpaired) electrons. The van der Waals surface area contributed by atoms with Crippen molar-refractivity contribution in [3.63, 3.8) is 0 Å². The van der Waals surface area contributed by atoms with Gasteiger partial charge in [0, 0.05) is 12.0 Å². The number of rotatable bonds is 1. The summed E-state index contributed by atoms with van der Waals surface area (Å²) in [6.07, 6.45) is -3.68. The highest BCUT2D eigenvalue weighted by molar-refractivity contribution is 5.97. The number of halogens is 3. The molecule has 0 saturated carbocycles. The molecule has 0 spiro atoms. The summed E-state index contributed by atoms with van der Waals surface area (Å²) in [5, 5.41) is 3.39. The van der Waals surface area contributed by atoms with Crippen molar-refractivity contribution in [1.29, 1.82) is 0 Å². The van der Waals surface area contributed by atoms with E-state index in [0.717, 1.165) is 23.3 Å². The van der Waals surface area contributed by atoms with Gasteiger partial charge in [0.25, 0.3) is 0 Å². The van der Waals surface area contributed by atoms with Crippen LogP contribution in [0.15, 0.2) is 47.6 Å². The molecule has 128 valence electrons. The standard InChI is InChI=1S/C9H7F3O.C8H11N3/c10-9(11,12)7-1-2-8-6(5-7)3-4-13-8;1-6-3-2-4-7(5-6)8(9)11-10/h1-2,5H,3-4H2;2-5H,10H2,1H3,(H2,9,11). The van der Waals surface area contributed by atoms with E-state index in [1.165, 1.54) is 6.07 Å². The fourth-order valence-electron chi connectivity index (χ4n) is 2.24. The van der Waals surface area contributed by atoms with Gasteiger partial charge in [-0.3, -0.25) is 0 Å². The molecule has 0 saturated heterocycles. The van der Waals surface area contributed by atoms with E-state index < -0.39 is 11.7 Å². The minimum atomic E-state index is -4.25. The second-order valence-electron chi connectivity index (χ2n) is 5.30. The van der Waals surface area contributed by atoms with Gasteiger partial charge in [-0.25, -0.2) is 0 Å². The largest absolute Gasteiger partial charge is 0.493 e. The van der Waals surface area contributed by atoms with Crippen LogP contribution in [0.1, 0.15) is 22.3 Å². The lowest BCUT2D eigenvalue weighted by Crippen LogP contribution is -2.15. The topological polar surface area (TPSA) is 73.6 Å². The Hall–Kier alpha value is -2.70. The SMILES string of the molecule is Cc1cccc(/C(N)=N/N)c1.FC(F)(F)c1ccc2c(c1)CCO2. The lowest BCUT2D eigenvalue weighted by atomic mass is 10.1. The molecule has 0 atom stereocenters. The van der Waals surface area contributed by atoms with Crippen LogP contribution >= 0.6 is 0 Å².